The van der Waals surface area contributed by atoms with Gasteiger partial charge in [0.2, 0.25) is 5.91 Å². The second kappa shape index (κ2) is 12.6. The molecule has 5 aromatic carbocycles. The van der Waals surface area contributed by atoms with E-state index in [1.54, 1.807) is 0 Å². The summed E-state index contributed by atoms with van der Waals surface area (Å²) in [5.74, 6) is -0.120. The first-order valence-electron chi connectivity index (χ1n) is 16.8. The molecule has 0 radical (unpaired) electrons. The molecule has 2 atom stereocenters. The summed E-state index contributed by atoms with van der Waals surface area (Å²) in [5.41, 5.74) is 8.12. The molecule has 1 saturated heterocycles. The van der Waals surface area contributed by atoms with Gasteiger partial charge in [0, 0.05) is 48.2 Å². The summed E-state index contributed by atoms with van der Waals surface area (Å²) in [6, 6.07) is 46.5. The van der Waals surface area contributed by atoms with Crippen molar-refractivity contribution in [3.8, 4) is 11.3 Å². The average molecular weight is 631 g/mol. The van der Waals surface area contributed by atoms with Gasteiger partial charge in [0.25, 0.3) is 5.91 Å². The SMILES string of the molecule is CC(C(=O)N1CCN(C(c2ccccc2)c2ccccc2)CC1)N1C(=O)c2ccccc2C1c1c(-c2ccccc2)[nH]c2ccccc12. The van der Waals surface area contributed by atoms with Gasteiger partial charge in [-0.25, -0.2) is 0 Å². The summed E-state index contributed by atoms with van der Waals surface area (Å²) in [4.78, 5) is 38.7. The number of aromatic nitrogens is 1. The third kappa shape index (κ3) is 5.19. The Balaban J connectivity index is 1.11. The fraction of sp³-hybridized carbons (Fsp3) is 0.190. The van der Waals surface area contributed by atoms with Crippen LogP contribution >= 0.6 is 0 Å². The van der Waals surface area contributed by atoms with Crippen LogP contribution in [0.25, 0.3) is 22.2 Å². The summed E-state index contributed by atoms with van der Waals surface area (Å²) in [5, 5.41) is 1.05. The van der Waals surface area contributed by atoms with Crippen LogP contribution in [0, 0.1) is 0 Å². The van der Waals surface area contributed by atoms with Crippen molar-refractivity contribution in [3.63, 3.8) is 0 Å². The van der Waals surface area contributed by atoms with Gasteiger partial charge in [-0.1, -0.05) is 127 Å². The van der Waals surface area contributed by atoms with Crippen LogP contribution in [-0.2, 0) is 4.79 Å². The van der Waals surface area contributed by atoms with Crippen molar-refractivity contribution in [2.24, 2.45) is 0 Å². The van der Waals surface area contributed by atoms with Crippen molar-refractivity contribution >= 4 is 22.7 Å². The number of carbonyl (C=O) groups is 2. The molecular weight excluding hydrogens is 592 g/mol. The molecule has 48 heavy (non-hydrogen) atoms. The maximum absolute atomic E-state index is 14.4. The zero-order valence-corrected chi connectivity index (χ0v) is 27.0. The second-order valence-electron chi connectivity index (χ2n) is 12.8. The van der Waals surface area contributed by atoms with E-state index in [0.717, 1.165) is 46.4 Å². The third-order valence-corrected chi connectivity index (χ3v) is 10.1. The molecule has 0 spiro atoms. The normalized spacial score (nSPS) is 17.2. The van der Waals surface area contributed by atoms with Crippen LogP contribution in [0.1, 0.15) is 51.6 Å². The Hall–Kier alpha value is -5.46. The Morgan fingerprint density at radius 3 is 1.92 bits per heavy atom. The molecule has 2 unspecified atom stereocenters. The molecule has 3 heterocycles. The van der Waals surface area contributed by atoms with E-state index < -0.39 is 12.1 Å². The standard InChI is InChI=1S/C42H38N4O2/c1-29(41(47)45-27-25-44(26-28-45)39(31-17-7-3-8-18-31)32-19-9-4-10-20-32)46-40(33-21-11-12-22-34(33)42(46)48)37-35-23-13-14-24-36(35)43-38(37)30-15-5-2-6-16-30/h2-24,29,39-40,43H,25-28H2,1H3. The molecule has 8 rings (SSSR count). The number of amides is 2. The summed E-state index contributed by atoms with van der Waals surface area (Å²) in [6.07, 6.45) is 0. The Bertz CT molecular complexity index is 2030. The summed E-state index contributed by atoms with van der Waals surface area (Å²) in [6.45, 7) is 4.58. The Kier molecular flexibility index (Phi) is 7.87. The number of hydrogen-bond acceptors (Lipinski definition) is 3. The number of H-pyrrole nitrogens is 1. The highest BCUT2D eigenvalue weighted by molar-refractivity contribution is 6.04. The number of benzene rings is 5. The Morgan fingerprint density at radius 2 is 1.25 bits per heavy atom. The van der Waals surface area contributed by atoms with Crippen molar-refractivity contribution in [1.29, 1.82) is 0 Å². The molecule has 6 aromatic rings. The lowest BCUT2D eigenvalue weighted by Gasteiger charge is -2.41. The highest BCUT2D eigenvalue weighted by Gasteiger charge is 2.45. The van der Waals surface area contributed by atoms with E-state index in [4.69, 9.17) is 0 Å². The van der Waals surface area contributed by atoms with Crippen molar-refractivity contribution in [3.05, 3.63) is 167 Å². The van der Waals surface area contributed by atoms with Crippen LogP contribution in [0.3, 0.4) is 0 Å². The highest BCUT2D eigenvalue weighted by Crippen LogP contribution is 2.46. The summed E-state index contributed by atoms with van der Waals surface area (Å²) < 4.78 is 0. The fourth-order valence-electron chi connectivity index (χ4n) is 7.78. The second-order valence-corrected chi connectivity index (χ2v) is 12.8. The number of rotatable bonds is 7. The number of piperazine rings is 1. The predicted molar refractivity (Wildman–Crippen MR) is 191 cm³/mol. The van der Waals surface area contributed by atoms with E-state index in [9.17, 15) is 9.59 Å². The topological polar surface area (TPSA) is 59.7 Å². The predicted octanol–water partition coefficient (Wildman–Crippen LogP) is 7.70. The lowest BCUT2D eigenvalue weighted by molar-refractivity contribution is -0.138. The number of hydrogen-bond donors (Lipinski definition) is 1. The summed E-state index contributed by atoms with van der Waals surface area (Å²) in [7, 11) is 0. The molecule has 0 bridgehead atoms. The molecule has 2 aliphatic heterocycles. The molecule has 2 amide bonds. The summed E-state index contributed by atoms with van der Waals surface area (Å²) >= 11 is 0. The van der Waals surface area contributed by atoms with Gasteiger partial charge in [-0.3, -0.25) is 14.5 Å². The van der Waals surface area contributed by atoms with Gasteiger partial charge in [-0.15, -0.1) is 0 Å². The third-order valence-electron chi connectivity index (χ3n) is 10.1. The minimum absolute atomic E-state index is 0.0159. The number of carbonyl (C=O) groups excluding carboxylic acids is 2. The van der Waals surface area contributed by atoms with E-state index in [-0.39, 0.29) is 17.9 Å². The van der Waals surface area contributed by atoms with E-state index >= 15 is 0 Å². The molecule has 1 N–H and O–H groups in total. The molecule has 6 nitrogen and oxygen atoms in total. The first kappa shape index (κ1) is 29.9. The first-order valence-corrected chi connectivity index (χ1v) is 16.8. The molecule has 238 valence electrons. The number of aromatic amines is 1. The van der Waals surface area contributed by atoms with Gasteiger partial charge in [-0.05, 0) is 41.3 Å². The van der Waals surface area contributed by atoms with Gasteiger partial charge in [-0.2, -0.15) is 0 Å². The number of fused-ring (bicyclic) bond motifs is 2. The Morgan fingerprint density at radius 1 is 0.688 bits per heavy atom. The van der Waals surface area contributed by atoms with Crippen molar-refractivity contribution in [2.75, 3.05) is 26.2 Å². The maximum atomic E-state index is 14.4. The Labute approximate surface area is 281 Å². The van der Waals surface area contributed by atoms with Crippen molar-refractivity contribution < 1.29 is 9.59 Å². The van der Waals surface area contributed by atoms with E-state index in [2.05, 4.69) is 82.7 Å². The minimum Gasteiger partial charge on any atom is -0.354 e. The lowest BCUT2D eigenvalue weighted by Crippen LogP contribution is -2.55. The zero-order valence-electron chi connectivity index (χ0n) is 27.0. The van der Waals surface area contributed by atoms with Crippen LogP contribution in [0.4, 0.5) is 0 Å². The average Bonchev–Trinajstić information content (AvgIpc) is 3.67. The molecule has 2 aliphatic rings. The van der Waals surface area contributed by atoms with E-state index in [0.29, 0.717) is 18.7 Å². The van der Waals surface area contributed by atoms with Gasteiger partial charge >= 0.3 is 0 Å². The minimum atomic E-state index is -0.655. The van der Waals surface area contributed by atoms with Crippen LogP contribution < -0.4 is 0 Å². The van der Waals surface area contributed by atoms with Gasteiger partial charge in [0.15, 0.2) is 0 Å². The quantitative estimate of drug-likeness (QED) is 0.197. The first-order chi connectivity index (χ1) is 23.6. The lowest BCUT2D eigenvalue weighted by atomic mass is 9.92. The molecule has 1 fully saturated rings. The number of para-hydroxylation sites is 1. The van der Waals surface area contributed by atoms with E-state index in [1.807, 2.05) is 83.5 Å². The molecule has 6 heteroatoms. The van der Waals surface area contributed by atoms with Crippen LogP contribution in [0.15, 0.2) is 140 Å². The molecule has 0 saturated carbocycles. The van der Waals surface area contributed by atoms with E-state index in [1.165, 1.54) is 11.1 Å². The fourth-order valence-corrected chi connectivity index (χ4v) is 7.78. The number of nitrogens with one attached hydrogen (secondary N) is 1. The van der Waals surface area contributed by atoms with Crippen LogP contribution in [-0.4, -0.2) is 63.7 Å². The van der Waals surface area contributed by atoms with Crippen molar-refractivity contribution in [2.45, 2.75) is 25.0 Å². The highest BCUT2D eigenvalue weighted by atomic mass is 16.2. The number of nitrogens with zero attached hydrogens (tertiary/aromatic N) is 3. The molecular formula is C42H38N4O2. The zero-order chi connectivity index (χ0) is 32.6. The van der Waals surface area contributed by atoms with Crippen LogP contribution in [0.2, 0.25) is 0 Å². The van der Waals surface area contributed by atoms with Gasteiger partial charge in [0.05, 0.1) is 17.8 Å². The largest absolute Gasteiger partial charge is 0.354 e. The van der Waals surface area contributed by atoms with Crippen LogP contribution in [0.5, 0.6) is 0 Å². The maximum Gasteiger partial charge on any atom is 0.255 e. The van der Waals surface area contributed by atoms with Gasteiger partial charge in [0.1, 0.15) is 6.04 Å². The molecule has 1 aromatic heterocycles. The molecule has 0 aliphatic carbocycles. The van der Waals surface area contributed by atoms with Crippen molar-refractivity contribution in [1.82, 2.24) is 19.7 Å². The monoisotopic (exact) mass is 630 g/mol. The van der Waals surface area contributed by atoms with Gasteiger partial charge < -0.3 is 14.8 Å². The smallest absolute Gasteiger partial charge is 0.255 e.